The van der Waals surface area contributed by atoms with Crippen LogP contribution in [-0.2, 0) is 19.6 Å². The molecule has 0 bridgehead atoms. The molecular formula is C19H24ClN5S. The molecule has 138 valence electrons. The molecule has 5 rings (SSSR count). The van der Waals surface area contributed by atoms with Crippen LogP contribution in [-0.4, -0.2) is 39.3 Å². The number of hydrogen-bond acceptors (Lipinski definition) is 5. The lowest BCUT2D eigenvalue weighted by molar-refractivity contribution is 0.201. The third kappa shape index (κ3) is 3.39. The summed E-state index contributed by atoms with van der Waals surface area (Å²) in [6, 6.07) is 11.0. The minimum Gasteiger partial charge on any atom is -0.312 e. The lowest BCUT2D eigenvalue weighted by atomic mass is 9.95. The second-order valence-corrected chi connectivity index (χ2v) is 8.27. The van der Waals surface area contributed by atoms with E-state index >= 15 is 0 Å². The van der Waals surface area contributed by atoms with E-state index in [4.69, 9.17) is 0 Å². The highest BCUT2D eigenvalue weighted by Crippen LogP contribution is 2.31. The zero-order valence-electron chi connectivity index (χ0n) is 14.7. The van der Waals surface area contributed by atoms with Crippen molar-refractivity contribution in [2.75, 3.05) is 19.6 Å². The summed E-state index contributed by atoms with van der Waals surface area (Å²) in [5.74, 6) is 2.89. The highest BCUT2D eigenvalue weighted by Gasteiger charge is 2.27. The Morgan fingerprint density at radius 2 is 1.96 bits per heavy atom. The average molecular weight is 390 g/mol. The number of hydrogen-bond donors (Lipinski definition) is 1. The maximum Gasteiger partial charge on any atom is 0.147 e. The standard InChI is InChI=1S/C19H23N5S.ClH/c1-2-4-17-15(3-1)11-16(25-17)13-23-8-5-14(6-9-23)19-22-21-18-12-20-7-10-24(18)19;/h1-4,11,14,20H,5-10,12-13H2;1H. The molecule has 0 saturated carbocycles. The topological polar surface area (TPSA) is 46.0 Å². The summed E-state index contributed by atoms with van der Waals surface area (Å²) >= 11 is 1.93. The lowest BCUT2D eigenvalue weighted by Crippen LogP contribution is -2.34. The quantitative estimate of drug-likeness (QED) is 0.745. The molecule has 2 aliphatic rings. The Morgan fingerprint density at radius 3 is 2.81 bits per heavy atom. The number of likely N-dealkylation sites (tertiary alicyclic amines) is 1. The molecule has 0 unspecified atom stereocenters. The summed E-state index contributed by atoms with van der Waals surface area (Å²) in [6.07, 6.45) is 2.38. The van der Waals surface area contributed by atoms with Crippen molar-refractivity contribution in [3.05, 3.63) is 46.9 Å². The monoisotopic (exact) mass is 389 g/mol. The minimum atomic E-state index is 0. The van der Waals surface area contributed by atoms with Crippen LogP contribution in [0, 0.1) is 0 Å². The van der Waals surface area contributed by atoms with Crippen LogP contribution in [0.5, 0.6) is 0 Å². The average Bonchev–Trinajstić information content (AvgIpc) is 3.26. The maximum absolute atomic E-state index is 4.52. The minimum absolute atomic E-state index is 0. The fourth-order valence-corrected chi connectivity index (χ4v) is 5.21. The van der Waals surface area contributed by atoms with Gasteiger partial charge in [-0.2, -0.15) is 0 Å². The molecule has 0 atom stereocenters. The first kappa shape index (κ1) is 17.9. The Kier molecular flexibility index (Phi) is 5.27. The van der Waals surface area contributed by atoms with E-state index in [2.05, 4.69) is 55.3 Å². The SMILES string of the molecule is Cl.c1ccc2sc(CN3CCC(c4nnc5n4CCNC5)CC3)cc2c1. The van der Waals surface area contributed by atoms with Gasteiger partial charge < -0.3 is 9.88 Å². The molecule has 7 heteroatoms. The van der Waals surface area contributed by atoms with Crippen LogP contribution in [0.25, 0.3) is 10.1 Å². The molecule has 26 heavy (non-hydrogen) atoms. The number of fused-ring (bicyclic) bond motifs is 2. The zero-order valence-corrected chi connectivity index (χ0v) is 16.4. The molecule has 2 aliphatic heterocycles. The largest absolute Gasteiger partial charge is 0.312 e. The highest BCUT2D eigenvalue weighted by atomic mass is 35.5. The van der Waals surface area contributed by atoms with Crippen molar-refractivity contribution in [1.29, 1.82) is 0 Å². The van der Waals surface area contributed by atoms with Crippen molar-refractivity contribution in [2.24, 2.45) is 0 Å². The second kappa shape index (κ2) is 7.64. The Morgan fingerprint density at radius 1 is 1.12 bits per heavy atom. The van der Waals surface area contributed by atoms with Crippen LogP contribution in [0.2, 0.25) is 0 Å². The zero-order chi connectivity index (χ0) is 16.6. The van der Waals surface area contributed by atoms with Crippen LogP contribution < -0.4 is 5.32 Å². The van der Waals surface area contributed by atoms with Crippen LogP contribution in [0.15, 0.2) is 30.3 Å². The van der Waals surface area contributed by atoms with Gasteiger partial charge >= 0.3 is 0 Å². The number of nitrogens with zero attached hydrogens (tertiary/aromatic N) is 4. The number of aromatic nitrogens is 3. The molecule has 2 aromatic heterocycles. The third-order valence-electron chi connectivity index (χ3n) is 5.46. The normalized spacial score (nSPS) is 18.6. The number of thiophene rings is 1. The van der Waals surface area contributed by atoms with E-state index in [1.807, 2.05) is 11.3 Å². The molecule has 1 aromatic carbocycles. The lowest BCUT2D eigenvalue weighted by Gasteiger charge is -2.31. The second-order valence-electron chi connectivity index (χ2n) is 7.10. The smallest absolute Gasteiger partial charge is 0.147 e. The predicted molar refractivity (Wildman–Crippen MR) is 108 cm³/mol. The molecule has 4 heterocycles. The van der Waals surface area contributed by atoms with Gasteiger partial charge in [0.2, 0.25) is 0 Å². The molecule has 5 nitrogen and oxygen atoms in total. The van der Waals surface area contributed by atoms with Crippen LogP contribution in [0.1, 0.15) is 35.3 Å². The molecule has 1 N–H and O–H groups in total. The van der Waals surface area contributed by atoms with Crippen molar-refractivity contribution in [1.82, 2.24) is 25.0 Å². The summed E-state index contributed by atoms with van der Waals surface area (Å²) in [4.78, 5) is 4.07. The van der Waals surface area contributed by atoms with Gasteiger partial charge in [-0.25, -0.2) is 0 Å². The Labute approximate surface area is 163 Å². The summed E-state index contributed by atoms with van der Waals surface area (Å²) in [6.45, 7) is 6.28. The molecule has 0 amide bonds. The summed E-state index contributed by atoms with van der Waals surface area (Å²) in [5.41, 5.74) is 0. The third-order valence-corrected chi connectivity index (χ3v) is 6.56. The van der Waals surface area contributed by atoms with Crippen molar-refractivity contribution in [3.8, 4) is 0 Å². The van der Waals surface area contributed by atoms with Gasteiger partial charge in [0.05, 0.1) is 6.54 Å². The molecule has 0 aliphatic carbocycles. The van der Waals surface area contributed by atoms with Crippen LogP contribution in [0.3, 0.4) is 0 Å². The number of rotatable bonds is 3. The van der Waals surface area contributed by atoms with E-state index in [1.165, 1.54) is 33.6 Å². The molecule has 0 spiro atoms. The van der Waals surface area contributed by atoms with E-state index in [9.17, 15) is 0 Å². The van der Waals surface area contributed by atoms with E-state index in [0.29, 0.717) is 5.92 Å². The number of piperidine rings is 1. The van der Waals surface area contributed by atoms with Gasteiger partial charge in [0.15, 0.2) is 0 Å². The summed E-state index contributed by atoms with van der Waals surface area (Å²) in [5, 5.41) is 13.6. The molecule has 1 saturated heterocycles. The maximum atomic E-state index is 4.52. The van der Waals surface area contributed by atoms with E-state index < -0.39 is 0 Å². The number of halogens is 1. The first-order valence-corrected chi connectivity index (χ1v) is 10.0. The van der Waals surface area contributed by atoms with Crippen molar-refractivity contribution in [2.45, 2.75) is 38.4 Å². The molecule has 3 aromatic rings. The van der Waals surface area contributed by atoms with E-state index in [0.717, 1.165) is 45.1 Å². The fourth-order valence-electron chi connectivity index (χ4n) is 4.10. The van der Waals surface area contributed by atoms with Gasteiger partial charge in [-0.05, 0) is 43.5 Å². The van der Waals surface area contributed by atoms with Crippen molar-refractivity contribution < 1.29 is 0 Å². The first-order valence-electron chi connectivity index (χ1n) is 9.19. The van der Waals surface area contributed by atoms with E-state index in [1.54, 1.807) is 0 Å². The van der Waals surface area contributed by atoms with Crippen molar-refractivity contribution in [3.63, 3.8) is 0 Å². The van der Waals surface area contributed by atoms with Gasteiger partial charge in [-0.15, -0.1) is 33.9 Å². The van der Waals surface area contributed by atoms with Crippen molar-refractivity contribution >= 4 is 33.8 Å². The van der Waals surface area contributed by atoms with Gasteiger partial charge in [0, 0.05) is 35.1 Å². The number of nitrogens with one attached hydrogen (secondary N) is 1. The fraction of sp³-hybridized carbons (Fsp3) is 0.474. The molecule has 0 radical (unpaired) electrons. The molecular weight excluding hydrogens is 366 g/mol. The van der Waals surface area contributed by atoms with Crippen LogP contribution >= 0.6 is 23.7 Å². The van der Waals surface area contributed by atoms with Gasteiger partial charge in [0.25, 0.3) is 0 Å². The predicted octanol–water partition coefficient (Wildman–Crippen LogP) is 3.40. The Hall–Kier alpha value is -1.47. The summed E-state index contributed by atoms with van der Waals surface area (Å²) < 4.78 is 3.75. The van der Waals surface area contributed by atoms with Crippen LogP contribution in [0.4, 0.5) is 0 Å². The number of benzene rings is 1. The van der Waals surface area contributed by atoms with E-state index in [-0.39, 0.29) is 12.4 Å². The van der Waals surface area contributed by atoms with Gasteiger partial charge in [-0.1, -0.05) is 18.2 Å². The summed E-state index contributed by atoms with van der Waals surface area (Å²) in [7, 11) is 0. The van der Waals surface area contributed by atoms with Gasteiger partial charge in [-0.3, -0.25) is 4.90 Å². The highest BCUT2D eigenvalue weighted by molar-refractivity contribution is 7.19. The first-order chi connectivity index (χ1) is 12.4. The Balaban J connectivity index is 0.00000168. The molecule has 1 fully saturated rings. The Bertz CT molecular complexity index is 848. The van der Waals surface area contributed by atoms with Gasteiger partial charge in [0.1, 0.15) is 11.6 Å².